The molecule has 4 rings (SSSR count). The summed E-state index contributed by atoms with van der Waals surface area (Å²) in [6.45, 7) is 3.65. The van der Waals surface area contributed by atoms with E-state index in [1.54, 1.807) is 10.7 Å². The van der Waals surface area contributed by atoms with Crippen LogP contribution in [0.2, 0.25) is 0 Å². The highest BCUT2D eigenvalue weighted by atomic mass is 16.3. The molecule has 0 spiro atoms. The molecular weight excluding hydrogens is 328 g/mol. The molecule has 26 heavy (non-hydrogen) atoms. The Kier molecular flexibility index (Phi) is 3.61. The average molecular weight is 346 g/mol. The predicted molar refractivity (Wildman–Crippen MR) is 101 cm³/mol. The average Bonchev–Trinajstić information content (AvgIpc) is 3.05. The van der Waals surface area contributed by atoms with Crippen LogP contribution in [0.3, 0.4) is 0 Å². The molecule has 0 unspecified atom stereocenters. The highest BCUT2D eigenvalue weighted by molar-refractivity contribution is 5.84. The molecule has 0 aliphatic rings. The van der Waals surface area contributed by atoms with Gasteiger partial charge in [0.2, 0.25) is 0 Å². The molecule has 0 amide bonds. The first kappa shape index (κ1) is 16.1. The van der Waals surface area contributed by atoms with E-state index >= 15 is 0 Å². The van der Waals surface area contributed by atoms with Crippen molar-refractivity contribution in [3.8, 4) is 28.4 Å². The summed E-state index contributed by atoms with van der Waals surface area (Å²) in [5, 5.41) is 14.9. The minimum atomic E-state index is -0.194. The van der Waals surface area contributed by atoms with Crippen molar-refractivity contribution in [3.63, 3.8) is 0 Å². The highest BCUT2D eigenvalue weighted by Crippen LogP contribution is 2.28. The molecule has 6 nitrogen and oxygen atoms in total. The SMILES string of the molecule is Cc1cc(-c2nc3cc(-c4ccn(C)n4)ccc3c(=O)[nH]2)cc(C)c1O. The third-order valence-electron chi connectivity index (χ3n) is 4.48. The van der Waals surface area contributed by atoms with E-state index in [0.29, 0.717) is 16.7 Å². The number of H-pyrrole nitrogens is 1. The van der Waals surface area contributed by atoms with Crippen molar-refractivity contribution in [2.24, 2.45) is 7.05 Å². The minimum absolute atomic E-state index is 0.194. The van der Waals surface area contributed by atoms with Crippen molar-refractivity contribution in [1.29, 1.82) is 0 Å². The molecule has 2 aromatic carbocycles. The smallest absolute Gasteiger partial charge is 0.259 e. The highest BCUT2D eigenvalue weighted by Gasteiger charge is 2.11. The number of fused-ring (bicyclic) bond motifs is 1. The van der Waals surface area contributed by atoms with Gasteiger partial charge in [-0.15, -0.1) is 0 Å². The first-order chi connectivity index (χ1) is 12.4. The number of phenols is 1. The zero-order chi connectivity index (χ0) is 18.4. The summed E-state index contributed by atoms with van der Waals surface area (Å²) in [5.41, 5.74) is 4.39. The van der Waals surface area contributed by atoms with Crippen molar-refractivity contribution in [3.05, 3.63) is 64.1 Å². The summed E-state index contributed by atoms with van der Waals surface area (Å²) in [6, 6.07) is 11.1. The first-order valence-corrected chi connectivity index (χ1v) is 8.27. The predicted octanol–water partition coefficient (Wildman–Crippen LogP) is 3.31. The Labute approximate surface area is 149 Å². The van der Waals surface area contributed by atoms with Crippen LogP contribution in [-0.2, 0) is 7.05 Å². The number of rotatable bonds is 2. The van der Waals surface area contributed by atoms with Gasteiger partial charge in [0.1, 0.15) is 11.6 Å². The van der Waals surface area contributed by atoms with Crippen LogP contribution in [0, 0.1) is 13.8 Å². The number of benzene rings is 2. The van der Waals surface area contributed by atoms with Crippen LogP contribution in [0.25, 0.3) is 33.5 Å². The Morgan fingerprint density at radius 3 is 2.42 bits per heavy atom. The van der Waals surface area contributed by atoms with E-state index in [2.05, 4.69) is 15.1 Å². The Hall–Kier alpha value is -3.41. The number of nitrogens with one attached hydrogen (secondary N) is 1. The third-order valence-corrected chi connectivity index (χ3v) is 4.48. The largest absolute Gasteiger partial charge is 0.507 e. The quantitative estimate of drug-likeness (QED) is 0.583. The van der Waals surface area contributed by atoms with E-state index in [4.69, 9.17) is 0 Å². The second-order valence-corrected chi connectivity index (χ2v) is 6.48. The van der Waals surface area contributed by atoms with E-state index in [-0.39, 0.29) is 11.3 Å². The monoisotopic (exact) mass is 346 g/mol. The summed E-state index contributed by atoms with van der Waals surface area (Å²) in [6.07, 6.45) is 1.87. The number of nitrogens with zero attached hydrogens (tertiary/aromatic N) is 3. The first-order valence-electron chi connectivity index (χ1n) is 8.27. The van der Waals surface area contributed by atoms with E-state index < -0.39 is 0 Å². The van der Waals surface area contributed by atoms with Gasteiger partial charge in [-0.1, -0.05) is 6.07 Å². The van der Waals surface area contributed by atoms with Gasteiger partial charge in [0, 0.05) is 24.4 Å². The molecule has 0 aliphatic heterocycles. The zero-order valence-electron chi connectivity index (χ0n) is 14.7. The van der Waals surface area contributed by atoms with Crippen molar-refractivity contribution >= 4 is 10.9 Å². The van der Waals surface area contributed by atoms with Crippen LogP contribution in [0.15, 0.2) is 47.4 Å². The van der Waals surface area contributed by atoms with Gasteiger partial charge in [-0.2, -0.15) is 5.10 Å². The Balaban J connectivity index is 1.91. The number of aryl methyl sites for hydroxylation is 3. The van der Waals surface area contributed by atoms with Crippen LogP contribution in [-0.4, -0.2) is 24.9 Å². The lowest BCUT2D eigenvalue weighted by atomic mass is 10.0. The summed E-state index contributed by atoms with van der Waals surface area (Å²) in [5.74, 6) is 0.737. The van der Waals surface area contributed by atoms with Crippen LogP contribution in [0.1, 0.15) is 11.1 Å². The summed E-state index contributed by atoms with van der Waals surface area (Å²) >= 11 is 0. The molecular formula is C20H18N4O2. The molecule has 0 aliphatic carbocycles. The molecule has 0 radical (unpaired) electrons. The second-order valence-electron chi connectivity index (χ2n) is 6.48. The van der Waals surface area contributed by atoms with Crippen LogP contribution < -0.4 is 5.56 Å². The Morgan fingerprint density at radius 2 is 1.77 bits per heavy atom. The molecule has 2 aromatic heterocycles. The number of hydrogen-bond acceptors (Lipinski definition) is 4. The molecule has 0 saturated carbocycles. The summed E-state index contributed by atoms with van der Waals surface area (Å²) < 4.78 is 1.73. The fourth-order valence-electron chi connectivity index (χ4n) is 3.10. The van der Waals surface area contributed by atoms with Gasteiger partial charge in [-0.05, 0) is 55.3 Å². The van der Waals surface area contributed by atoms with Gasteiger partial charge in [-0.3, -0.25) is 9.48 Å². The molecule has 0 saturated heterocycles. The lowest BCUT2D eigenvalue weighted by molar-refractivity contribution is 0.467. The van der Waals surface area contributed by atoms with E-state index in [9.17, 15) is 9.90 Å². The minimum Gasteiger partial charge on any atom is -0.507 e. The molecule has 0 bridgehead atoms. The van der Waals surface area contributed by atoms with Gasteiger partial charge in [0.15, 0.2) is 0 Å². The molecule has 0 fully saturated rings. The molecule has 6 heteroatoms. The van der Waals surface area contributed by atoms with Gasteiger partial charge in [0.25, 0.3) is 5.56 Å². The lowest BCUT2D eigenvalue weighted by Crippen LogP contribution is -2.09. The maximum atomic E-state index is 12.5. The number of hydrogen-bond donors (Lipinski definition) is 2. The maximum Gasteiger partial charge on any atom is 0.259 e. The van der Waals surface area contributed by atoms with Gasteiger partial charge >= 0.3 is 0 Å². The van der Waals surface area contributed by atoms with E-state index in [0.717, 1.165) is 27.9 Å². The van der Waals surface area contributed by atoms with Crippen molar-refractivity contribution in [1.82, 2.24) is 19.7 Å². The summed E-state index contributed by atoms with van der Waals surface area (Å²) in [4.78, 5) is 20.0. The van der Waals surface area contributed by atoms with E-state index in [1.807, 2.05) is 57.4 Å². The van der Waals surface area contributed by atoms with E-state index in [1.165, 1.54) is 0 Å². The second kappa shape index (κ2) is 5.84. The molecule has 0 atom stereocenters. The Morgan fingerprint density at radius 1 is 1.04 bits per heavy atom. The van der Waals surface area contributed by atoms with Crippen molar-refractivity contribution < 1.29 is 5.11 Å². The van der Waals surface area contributed by atoms with Crippen molar-refractivity contribution in [2.45, 2.75) is 13.8 Å². The third kappa shape index (κ3) is 2.65. The molecule has 130 valence electrons. The Bertz CT molecular complexity index is 1180. The fraction of sp³-hybridized carbons (Fsp3) is 0.150. The topological polar surface area (TPSA) is 83.8 Å². The van der Waals surface area contributed by atoms with Crippen LogP contribution >= 0.6 is 0 Å². The number of aromatic hydroxyl groups is 1. The maximum absolute atomic E-state index is 12.5. The standard InChI is InChI=1S/C20H18N4O2/c1-11-8-14(9-12(2)18(11)25)19-21-17-10-13(16-6-7-24(3)23-16)4-5-15(17)20(26)22-19/h4-10,25H,1-3H3,(H,21,22,26). The zero-order valence-corrected chi connectivity index (χ0v) is 14.7. The molecule has 2 heterocycles. The number of phenolic OH excluding ortho intramolecular Hbond substituents is 1. The molecule has 4 aromatic rings. The van der Waals surface area contributed by atoms with Crippen LogP contribution in [0.5, 0.6) is 5.75 Å². The normalized spacial score (nSPS) is 11.2. The molecule has 2 N–H and O–H groups in total. The number of aromatic nitrogens is 4. The van der Waals surface area contributed by atoms with Gasteiger partial charge in [-0.25, -0.2) is 4.98 Å². The lowest BCUT2D eigenvalue weighted by Gasteiger charge is -2.08. The van der Waals surface area contributed by atoms with Gasteiger partial charge in [0.05, 0.1) is 16.6 Å². The number of aromatic amines is 1. The fourth-order valence-corrected chi connectivity index (χ4v) is 3.10. The summed E-state index contributed by atoms with van der Waals surface area (Å²) in [7, 11) is 1.86. The van der Waals surface area contributed by atoms with Crippen molar-refractivity contribution in [2.75, 3.05) is 0 Å². The van der Waals surface area contributed by atoms with Crippen LogP contribution in [0.4, 0.5) is 0 Å². The van der Waals surface area contributed by atoms with Gasteiger partial charge < -0.3 is 10.1 Å².